The maximum Gasteiger partial charge on any atom is 0.325 e. The van der Waals surface area contributed by atoms with Crippen LogP contribution in [0.4, 0.5) is 11.4 Å². The monoisotopic (exact) mass is 322 g/mol. The molecular weight excluding hydrogens is 315 g/mol. The summed E-state index contributed by atoms with van der Waals surface area (Å²) in [6.07, 6.45) is 0. The van der Waals surface area contributed by atoms with Crippen LogP contribution in [-0.2, 0) is 9.53 Å². The van der Waals surface area contributed by atoms with Gasteiger partial charge in [0, 0.05) is 10.5 Å². The van der Waals surface area contributed by atoms with Gasteiger partial charge in [-0.1, -0.05) is 27.5 Å². The van der Waals surface area contributed by atoms with Gasteiger partial charge in [0.1, 0.15) is 12.2 Å². The molecule has 0 bridgehead atoms. The fourth-order valence-corrected chi connectivity index (χ4v) is 1.97. The van der Waals surface area contributed by atoms with Gasteiger partial charge in [-0.15, -0.1) is 0 Å². The van der Waals surface area contributed by atoms with Gasteiger partial charge in [0.15, 0.2) is 0 Å². The largest absolute Gasteiger partial charge is 0.468 e. The zero-order valence-electron chi connectivity index (χ0n) is 8.70. The van der Waals surface area contributed by atoms with Crippen molar-refractivity contribution in [1.82, 2.24) is 0 Å². The molecule has 8 heteroatoms. The average Bonchev–Trinajstić information content (AvgIpc) is 2.26. The number of esters is 1. The molecule has 92 valence electrons. The number of carbonyl (C=O) groups is 1. The van der Waals surface area contributed by atoms with Crippen molar-refractivity contribution in [2.75, 3.05) is 19.0 Å². The summed E-state index contributed by atoms with van der Waals surface area (Å²) in [5, 5.41) is 13.5. The van der Waals surface area contributed by atoms with Gasteiger partial charge in [-0.25, -0.2) is 0 Å². The molecule has 0 radical (unpaired) electrons. The van der Waals surface area contributed by atoms with Crippen molar-refractivity contribution >= 4 is 44.9 Å². The van der Waals surface area contributed by atoms with Crippen molar-refractivity contribution in [1.29, 1.82) is 0 Å². The van der Waals surface area contributed by atoms with E-state index >= 15 is 0 Å². The second-order valence-electron chi connectivity index (χ2n) is 2.97. The smallest absolute Gasteiger partial charge is 0.325 e. The highest BCUT2D eigenvalue weighted by molar-refractivity contribution is 9.10. The van der Waals surface area contributed by atoms with Crippen molar-refractivity contribution in [2.24, 2.45) is 0 Å². The molecule has 0 saturated carbocycles. The number of hydrogen-bond acceptors (Lipinski definition) is 5. The van der Waals surface area contributed by atoms with Gasteiger partial charge in [0.2, 0.25) is 0 Å². The molecule has 1 aromatic carbocycles. The molecule has 1 aromatic rings. The maximum atomic E-state index is 10.9. The van der Waals surface area contributed by atoms with Crippen molar-refractivity contribution in [3.63, 3.8) is 0 Å². The first-order chi connectivity index (χ1) is 7.95. The van der Waals surface area contributed by atoms with Gasteiger partial charge in [-0.2, -0.15) is 0 Å². The Morgan fingerprint density at radius 3 is 2.82 bits per heavy atom. The van der Waals surface area contributed by atoms with Crippen LogP contribution in [-0.4, -0.2) is 24.5 Å². The third-order valence-corrected chi connectivity index (χ3v) is 2.62. The summed E-state index contributed by atoms with van der Waals surface area (Å²) in [5.74, 6) is -0.543. The number of anilines is 1. The fourth-order valence-electron chi connectivity index (χ4n) is 1.11. The van der Waals surface area contributed by atoms with Gasteiger partial charge in [0.05, 0.1) is 17.1 Å². The molecule has 0 heterocycles. The van der Waals surface area contributed by atoms with E-state index in [0.29, 0.717) is 4.47 Å². The van der Waals surface area contributed by atoms with Crippen LogP contribution in [0.3, 0.4) is 0 Å². The molecule has 0 fully saturated rings. The number of halogens is 2. The SMILES string of the molecule is COC(=O)CNc1c(Cl)cc(Br)cc1[N+](=O)[O-]. The standard InChI is InChI=1S/C9H8BrClN2O4/c1-17-8(14)4-12-9-6(11)2-5(10)3-7(9)13(15)16/h2-3,12H,4H2,1H3. The normalized spacial score (nSPS) is 9.82. The van der Waals surface area contributed by atoms with Crippen molar-refractivity contribution in [3.8, 4) is 0 Å². The molecule has 1 N–H and O–H groups in total. The topological polar surface area (TPSA) is 81.5 Å². The van der Waals surface area contributed by atoms with E-state index in [1.54, 1.807) is 0 Å². The predicted molar refractivity (Wildman–Crippen MR) is 66.3 cm³/mol. The minimum absolute atomic E-state index is 0.0882. The molecule has 1 rings (SSSR count). The lowest BCUT2D eigenvalue weighted by Gasteiger charge is -2.08. The Bertz CT molecular complexity index is 467. The highest BCUT2D eigenvalue weighted by Crippen LogP contribution is 2.35. The molecule has 0 aliphatic heterocycles. The Balaban J connectivity index is 3.04. The predicted octanol–water partition coefficient (Wildman–Crippen LogP) is 2.60. The average molecular weight is 324 g/mol. The zero-order chi connectivity index (χ0) is 13.0. The summed E-state index contributed by atoms with van der Waals surface area (Å²) >= 11 is 8.96. The van der Waals surface area contributed by atoms with Crippen LogP contribution in [0, 0.1) is 10.1 Å². The Kier molecular flexibility index (Phi) is 4.71. The lowest BCUT2D eigenvalue weighted by molar-refractivity contribution is -0.384. The van der Waals surface area contributed by atoms with E-state index in [9.17, 15) is 14.9 Å². The number of rotatable bonds is 4. The van der Waals surface area contributed by atoms with Gasteiger partial charge in [0.25, 0.3) is 5.69 Å². The van der Waals surface area contributed by atoms with E-state index in [4.69, 9.17) is 11.6 Å². The van der Waals surface area contributed by atoms with Crippen LogP contribution < -0.4 is 5.32 Å². The molecule has 0 atom stereocenters. The van der Waals surface area contributed by atoms with E-state index in [0.717, 1.165) is 0 Å². The summed E-state index contributed by atoms with van der Waals surface area (Å²) in [4.78, 5) is 21.2. The van der Waals surface area contributed by atoms with Crippen LogP contribution in [0.1, 0.15) is 0 Å². The number of ether oxygens (including phenoxy) is 1. The van der Waals surface area contributed by atoms with Crippen molar-refractivity contribution in [2.45, 2.75) is 0 Å². The maximum absolute atomic E-state index is 10.9. The summed E-state index contributed by atoms with van der Waals surface area (Å²) in [6, 6.07) is 2.79. The first-order valence-electron chi connectivity index (χ1n) is 4.40. The summed E-state index contributed by atoms with van der Waals surface area (Å²) < 4.78 is 4.90. The number of methoxy groups -OCH3 is 1. The number of nitro groups is 1. The molecular formula is C9H8BrClN2O4. The lowest BCUT2D eigenvalue weighted by atomic mass is 10.2. The fraction of sp³-hybridized carbons (Fsp3) is 0.222. The van der Waals surface area contributed by atoms with E-state index < -0.39 is 10.9 Å². The molecule has 17 heavy (non-hydrogen) atoms. The Hall–Kier alpha value is -1.34. The molecule has 0 saturated heterocycles. The van der Waals surface area contributed by atoms with Gasteiger partial charge in [-0.3, -0.25) is 14.9 Å². The highest BCUT2D eigenvalue weighted by Gasteiger charge is 2.19. The number of nitrogens with zero attached hydrogens (tertiary/aromatic N) is 1. The number of hydrogen-bond donors (Lipinski definition) is 1. The third-order valence-electron chi connectivity index (χ3n) is 1.87. The van der Waals surface area contributed by atoms with Crippen molar-refractivity contribution < 1.29 is 14.5 Å². The first-order valence-corrected chi connectivity index (χ1v) is 5.57. The summed E-state index contributed by atoms with van der Waals surface area (Å²) in [5.41, 5.74) is -0.126. The number of nitrogens with one attached hydrogen (secondary N) is 1. The molecule has 0 amide bonds. The van der Waals surface area contributed by atoms with Gasteiger partial charge < -0.3 is 10.1 Å². The van der Waals surface area contributed by atoms with Crippen molar-refractivity contribution in [3.05, 3.63) is 31.7 Å². The molecule has 0 unspecified atom stereocenters. The molecule has 0 spiro atoms. The second kappa shape index (κ2) is 5.83. The number of nitro benzene ring substituents is 1. The highest BCUT2D eigenvalue weighted by atomic mass is 79.9. The van der Waals surface area contributed by atoms with Crippen LogP contribution in [0.15, 0.2) is 16.6 Å². The Morgan fingerprint density at radius 2 is 2.29 bits per heavy atom. The summed E-state index contributed by atoms with van der Waals surface area (Å²) in [6.45, 7) is -0.196. The van der Waals surface area contributed by atoms with E-state index in [-0.39, 0.29) is 22.9 Å². The first kappa shape index (κ1) is 13.7. The van der Waals surface area contributed by atoms with Crippen LogP contribution in [0.25, 0.3) is 0 Å². The Morgan fingerprint density at radius 1 is 1.65 bits per heavy atom. The molecule has 0 aliphatic rings. The minimum Gasteiger partial charge on any atom is -0.468 e. The van der Waals surface area contributed by atoms with Gasteiger partial charge >= 0.3 is 5.97 Å². The molecule has 0 aliphatic carbocycles. The van der Waals surface area contributed by atoms with E-state index in [1.165, 1.54) is 19.2 Å². The van der Waals surface area contributed by atoms with Gasteiger partial charge in [-0.05, 0) is 6.07 Å². The molecule has 6 nitrogen and oxygen atoms in total. The minimum atomic E-state index is -0.587. The quantitative estimate of drug-likeness (QED) is 0.523. The lowest BCUT2D eigenvalue weighted by Crippen LogP contribution is -2.16. The zero-order valence-corrected chi connectivity index (χ0v) is 11.0. The number of benzene rings is 1. The van der Waals surface area contributed by atoms with Crippen LogP contribution in [0.5, 0.6) is 0 Å². The van der Waals surface area contributed by atoms with E-state index in [2.05, 4.69) is 26.0 Å². The number of carbonyl (C=O) groups excluding carboxylic acids is 1. The third kappa shape index (κ3) is 3.57. The summed E-state index contributed by atoms with van der Waals surface area (Å²) in [7, 11) is 1.22. The molecule has 0 aromatic heterocycles. The van der Waals surface area contributed by atoms with Crippen LogP contribution >= 0.6 is 27.5 Å². The van der Waals surface area contributed by atoms with Crippen LogP contribution in [0.2, 0.25) is 5.02 Å². The Labute approximate surface area is 110 Å². The van der Waals surface area contributed by atoms with E-state index in [1.807, 2.05) is 0 Å². The second-order valence-corrected chi connectivity index (χ2v) is 4.29.